The van der Waals surface area contributed by atoms with E-state index in [0.29, 0.717) is 5.69 Å². The van der Waals surface area contributed by atoms with E-state index >= 15 is 0 Å². The smallest absolute Gasteiger partial charge is 0.349 e. The van der Waals surface area contributed by atoms with Gasteiger partial charge in [0.1, 0.15) is 5.75 Å². The number of ether oxygens (including phenoxy) is 1. The van der Waals surface area contributed by atoms with Crippen LogP contribution in [0.15, 0.2) is 30.3 Å². The van der Waals surface area contributed by atoms with E-state index in [2.05, 4.69) is 5.32 Å². The number of aromatic carboxylic acids is 1. The van der Waals surface area contributed by atoms with Gasteiger partial charge in [-0.2, -0.15) is 0 Å². The molecule has 5 nitrogen and oxygen atoms in total. The lowest BCUT2D eigenvalue weighted by Crippen LogP contribution is -2.20. The fourth-order valence-electron chi connectivity index (χ4n) is 1.72. The molecule has 2 N–H and O–H groups in total. The highest BCUT2D eigenvalue weighted by Gasteiger charge is 2.16. The molecule has 0 unspecified atom stereocenters. The maximum absolute atomic E-state index is 11.8. The van der Waals surface area contributed by atoms with Crippen molar-refractivity contribution in [2.45, 2.75) is 13.8 Å². The van der Waals surface area contributed by atoms with E-state index in [1.54, 1.807) is 25.1 Å². The van der Waals surface area contributed by atoms with E-state index in [9.17, 15) is 9.59 Å². The van der Waals surface area contributed by atoms with Crippen molar-refractivity contribution in [2.24, 2.45) is 0 Å². The van der Waals surface area contributed by atoms with Crippen LogP contribution in [0.3, 0.4) is 0 Å². The average molecular weight is 305 g/mol. The van der Waals surface area contributed by atoms with Crippen LogP contribution < -0.4 is 10.1 Å². The number of thiophene rings is 1. The quantitative estimate of drug-likeness (QED) is 0.890. The van der Waals surface area contributed by atoms with Gasteiger partial charge in [-0.1, -0.05) is 17.7 Å². The molecule has 1 aromatic heterocycles. The summed E-state index contributed by atoms with van der Waals surface area (Å²) in [6.07, 6.45) is 0. The number of carbonyl (C=O) groups excluding carboxylic acids is 1. The summed E-state index contributed by atoms with van der Waals surface area (Å²) < 4.78 is 5.29. The molecule has 6 heteroatoms. The van der Waals surface area contributed by atoms with Crippen LogP contribution in [0.1, 0.15) is 20.1 Å². The minimum Gasteiger partial charge on any atom is -0.482 e. The van der Waals surface area contributed by atoms with Gasteiger partial charge in [0.2, 0.25) is 0 Å². The van der Waals surface area contributed by atoms with Crippen LogP contribution in [0.4, 0.5) is 5.69 Å². The van der Waals surface area contributed by atoms with Crippen molar-refractivity contribution in [3.05, 3.63) is 45.6 Å². The number of aryl methyl sites for hydroxylation is 2. The molecular formula is C15H15NO4S. The molecule has 2 rings (SSSR count). The molecule has 0 bridgehead atoms. The zero-order valence-corrected chi connectivity index (χ0v) is 12.5. The van der Waals surface area contributed by atoms with Gasteiger partial charge in [0.15, 0.2) is 11.5 Å². The summed E-state index contributed by atoms with van der Waals surface area (Å²) in [4.78, 5) is 23.7. The molecule has 0 fully saturated rings. The predicted molar refractivity (Wildman–Crippen MR) is 81.3 cm³/mol. The Morgan fingerprint density at radius 2 is 1.90 bits per heavy atom. The van der Waals surface area contributed by atoms with E-state index in [1.807, 2.05) is 19.1 Å². The Morgan fingerprint density at radius 3 is 2.52 bits per heavy atom. The van der Waals surface area contributed by atoms with Crippen molar-refractivity contribution < 1.29 is 19.4 Å². The number of amides is 1. The van der Waals surface area contributed by atoms with Gasteiger partial charge in [-0.15, -0.1) is 11.3 Å². The molecule has 1 heterocycles. The fourth-order valence-corrected chi connectivity index (χ4v) is 2.52. The number of rotatable bonds is 5. The Balaban J connectivity index is 1.95. The molecule has 21 heavy (non-hydrogen) atoms. The predicted octanol–water partition coefficient (Wildman–Crippen LogP) is 3.08. The number of benzene rings is 1. The molecule has 1 aromatic carbocycles. The topological polar surface area (TPSA) is 75.6 Å². The molecular weight excluding hydrogens is 290 g/mol. The number of carbonyl (C=O) groups is 2. The van der Waals surface area contributed by atoms with Crippen LogP contribution in [0.5, 0.6) is 5.75 Å². The van der Waals surface area contributed by atoms with E-state index in [1.165, 1.54) is 0 Å². The van der Waals surface area contributed by atoms with Crippen LogP contribution in [0, 0.1) is 13.8 Å². The van der Waals surface area contributed by atoms with Crippen molar-refractivity contribution >= 4 is 28.9 Å². The highest BCUT2D eigenvalue weighted by molar-refractivity contribution is 7.14. The molecule has 0 radical (unpaired) electrons. The lowest BCUT2D eigenvalue weighted by molar-refractivity contribution is -0.118. The number of hydrogen-bond donors (Lipinski definition) is 2. The van der Waals surface area contributed by atoms with Crippen LogP contribution >= 0.6 is 11.3 Å². The van der Waals surface area contributed by atoms with Gasteiger partial charge < -0.3 is 15.2 Å². The largest absolute Gasteiger partial charge is 0.482 e. The monoisotopic (exact) mass is 305 g/mol. The maximum Gasteiger partial charge on any atom is 0.349 e. The van der Waals surface area contributed by atoms with Gasteiger partial charge in [0, 0.05) is 10.6 Å². The Hall–Kier alpha value is -2.34. The summed E-state index contributed by atoms with van der Waals surface area (Å²) in [5.41, 5.74) is 1.78. The first kappa shape index (κ1) is 15.1. The zero-order chi connectivity index (χ0) is 15.4. The first-order valence-electron chi connectivity index (χ1n) is 6.29. The number of carboxylic acids is 1. The van der Waals surface area contributed by atoms with Crippen molar-refractivity contribution in [1.29, 1.82) is 0 Å². The van der Waals surface area contributed by atoms with E-state index in [4.69, 9.17) is 9.84 Å². The van der Waals surface area contributed by atoms with Gasteiger partial charge in [0.05, 0.1) is 0 Å². The molecule has 0 aliphatic heterocycles. The highest BCUT2D eigenvalue weighted by Crippen LogP contribution is 2.28. The van der Waals surface area contributed by atoms with E-state index < -0.39 is 5.97 Å². The number of carboxylic acid groups (broad SMARTS) is 1. The first-order chi connectivity index (χ1) is 9.95. The summed E-state index contributed by atoms with van der Waals surface area (Å²) in [6.45, 7) is 3.52. The van der Waals surface area contributed by atoms with Crippen molar-refractivity contribution in [3.8, 4) is 5.75 Å². The Labute approximate surface area is 126 Å². The molecule has 0 atom stereocenters. The summed E-state index contributed by atoms with van der Waals surface area (Å²) in [5.74, 6) is -1.16. The van der Waals surface area contributed by atoms with Gasteiger partial charge >= 0.3 is 5.97 Å². The fraction of sp³-hybridized carbons (Fsp3) is 0.200. The van der Waals surface area contributed by atoms with E-state index in [0.717, 1.165) is 21.8 Å². The summed E-state index contributed by atoms with van der Waals surface area (Å²) in [6, 6.07) is 8.99. The maximum atomic E-state index is 11.8. The normalized spacial score (nSPS) is 10.2. The van der Waals surface area contributed by atoms with Crippen LogP contribution in [0.2, 0.25) is 0 Å². The van der Waals surface area contributed by atoms with Crippen LogP contribution in [-0.2, 0) is 4.79 Å². The third kappa shape index (κ3) is 4.06. The molecule has 0 saturated heterocycles. The van der Waals surface area contributed by atoms with Gasteiger partial charge in [-0.05, 0) is 32.0 Å². The van der Waals surface area contributed by atoms with Gasteiger partial charge in [0.25, 0.3) is 5.91 Å². The standard InChI is InChI=1S/C15H15NO4S/c1-9-3-5-11(6-4-9)16-13(17)8-20-12-7-10(2)21-14(12)15(18)19/h3-7H,8H2,1-2H3,(H,16,17)(H,18,19). The van der Waals surface area contributed by atoms with E-state index in [-0.39, 0.29) is 23.1 Å². The lowest BCUT2D eigenvalue weighted by atomic mass is 10.2. The van der Waals surface area contributed by atoms with Crippen molar-refractivity contribution in [1.82, 2.24) is 0 Å². The number of nitrogens with one attached hydrogen (secondary N) is 1. The zero-order valence-electron chi connectivity index (χ0n) is 11.7. The third-order valence-electron chi connectivity index (χ3n) is 2.71. The second-order valence-corrected chi connectivity index (χ2v) is 5.81. The Kier molecular flexibility index (Phi) is 4.59. The molecule has 0 saturated carbocycles. The molecule has 110 valence electrons. The number of hydrogen-bond acceptors (Lipinski definition) is 4. The average Bonchev–Trinajstić information content (AvgIpc) is 2.80. The SMILES string of the molecule is Cc1ccc(NC(=O)COc2cc(C)sc2C(=O)O)cc1. The van der Waals surface area contributed by atoms with Gasteiger partial charge in [-0.25, -0.2) is 4.79 Å². The molecule has 0 aliphatic carbocycles. The minimum atomic E-state index is -1.05. The van der Waals surface area contributed by atoms with Crippen LogP contribution in [0.25, 0.3) is 0 Å². The molecule has 0 aliphatic rings. The molecule has 0 spiro atoms. The summed E-state index contributed by atoms with van der Waals surface area (Å²) in [5, 5.41) is 11.7. The Bertz CT molecular complexity index is 661. The second-order valence-electron chi connectivity index (χ2n) is 4.56. The molecule has 1 amide bonds. The lowest BCUT2D eigenvalue weighted by Gasteiger charge is -2.07. The minimum absolute atomic E-state index is 0.107. The van der Waals surface area contributed by atoms with Gasteiger partial charge in [-0.3, -0.25) is 4.79 Å². The van der Waals surface area contributed by atoms with Crippen LogP contribution in [-0.4, -0.2) is 23.6 Å². The second kappa shape index (κ2) is 6.41. The summed E-state index contributed by atoms with van der Waals surface area (Å²) >= 11 is 1.12. The third-order valence-corrected chi connectivity index (χ3v) is 3.73. The highest BCUT2D eigenvalue weighted by atomic mass is 32.1. The van der Waals surface area contributed by atoms with Crippen molar-refractivity contribution in [3.63, 3.8) is 0 Å². The molecule has 2 aromatic rings. The van der Waals surface area contributed by atoms with Crippen molar-refractivity contribution in [2.75, 3.05) is 11.9 Å². The number of anilines is 1. The first-order valence-corrected chi connectivity index (χ1v) is 7.10. The Morgan fingerprint density at radius 1 is 1.24 bits per heavy atom. The summed E-state index contributed by atoms with van der Waals surface area (Å²) in [7, 11) is 0.